The van der Waals surface area contributed by atoms with Crippen LogP contribution in [0.25, 0.3) is 0 Å². The minimum atomic E-state index is -0.0993. The van der Waals surface area contributed by atoms with Gasteiger partial charge in [-0.05, 0) is 18.8 Å². The Balaban J connectivity index is 1.61. The first-order valence-corrected chi connectivity index (χ1v) is 9.55. The van der Waals surface area contributed by atoms with Crippen molar-refractivity contribution in [1.29, 1.82) is 0 Å². The molecule has 144 valence electrons. The van der Waals surface area contributed by atoms with Crippen LogP contribution < -0.4 is 10.6 Å². The van der Waals surface area contributed by atoms with Gasteiger partial charge in [-0.1, -0.05) is 25.2 Å². The Morgan fingerprint density at radius 1 is 0.962 bits per heavy atom. The van der Waals surface area contributed by atoms with Crippen LogP contribution in [0.15, 0.2) is 0 Å². The summed E-state index contributed by atoms with van der Waals surface area (Å²) in [5.74, 6) is 2.67. The second-order valence-corrected chi connectivity index (χ2v) is 7.12. The molecule has 7 heteroatoms. The van der Waals surface area contributed by atoms with Crippen molar-refractivity contribution in [2.75, 3.05) is 45.8 Å². The molecule has 2 aliphatic rings. The van der Waals surface area contributed by atoms with Crippen LogP contribution in [0.3, 0.4) is 0 Å². The van der Waals surface area contributed by atoms with Gasteiger partial charge in [0.1, 0.15) is 0 Å². The van der Waals surface area contributed by atoms with Gasteiger partial charge < -0.3 is 15.5 Å². The molecular formula is C19H30N4O3. The predicted octanol–water partition coefficient (Wildman–Crippen LogP) is -0.0334. The number of terminal acetylenes is 1. The van der Waals surface area contributed by atoms with Crippen molar-refractivity contribution in [3.63, 3.8) is 0 Å². The van der Waals surface area contributed by atoms with Gasteiger partial charge in [0.15, 0.2) is 0 Å². The Hall–Kier alpha value is -2.07. The number of hydrogen-bond donors (Lipinski definition) is 2. The maximum atomic E-state index is 12.3. The summed E-state index contributed by atoms with van der Waals surface area (Å²) in [6, 6.07) is 0. The zero-order valence-corrected chi connectivity index (χ0v) is 15.5. The molecule has 0 radical (unpaired) electrons. The third kappa shape index (κ3) is 7.04. The molecule has 0 aromatic carbocycles. The summed E-state index contributed by atoms with van der Waals surface area (Å²) in [4.78, 5) is 39.7. The van der Waals surface area contributed by atoms with Crippen molar-refractivity contribution in [2.24, 2.45) is 5.92 Å². The van der Waals surface area contributed by atoms with E-state index in [0.717, 1.165) is 12.8 Å². The monoisotopic (exact) mass is 362 g/mol. The van der Waals surface area contributed by atoms with Gasteiger partial charge in [-0.2, -0.15) is 0 Å². The van der Waals surface area contributed by atoms with Gasteiger partial charge in [0.2, 0.25) is 17.7 Å². The molecule has 7 nitrogen and oxygen atoms in total. The summed E-state index contributed by atoms with van der Waals surface area (Å²) in [6.45, 7) is 3.02. The van der Waals surface area contributed by atoms with Gasteiger partial charge in [0.05, 0.1) is 19.6 Å². The molecule has 1 saturated carbocycles. The molecule has 0 unspecified atom stereocenters. The topological polar surface area (TPSA) is 81.8 Å². The molecule has 3 amide bonds. The highest BCUT2D eigenvalue weighted by Gasteiger charge is 2.23. The van der Waals surface area contributed by atoms with Gasteiger partial charge in [0.25, 0.3) is 0 Å². The van der Waals surface area contributed by atoms with Crippen LogP contribution in [0, 0.1) is 18.3 Å². The first-order chi connectivity index (χ1) is 12.6. The third-order valence-corrected chi connectivity index (χ3v) is 5.12. The number of hydrogen-bond acceptors (Lipinski definition) is 4. The van der Waals surface area contributed by atoms with Crippen LogP contribution in [-0.2, 0) is 14.4 Å². The van der Waals surface area contributed by atoms with Crippen molar-refractivity contribution in [2.45, 2.75) is 38.5 Å². The average Bonchev–Trinajstić information content (AvgIpc) is 2.66. The molecule has 26 heavy (non-hydrogen) atoms. The summed E-state index contributed by atoms with van der Waals surface area (Å²) in [7, 11) is 0. The van der Waals surface area contributed by atoms with Crippen molar-refractivity contribution < 1.29 is 14.4 Å². The van der Waals surface area contributed by atoms with E-state index >= 15 is 0 Å². The maximum absolute atomic E-state index is 12.3. The Labute approximate surface area is 155 Å². The number of amides is 3. The first-order valence-electron chi connectivity index (χ1n) is 9.55. The van der Waals surface area contributed by atoms with Crippen molar-refractivity contribution in [1.82, 2.24) is 20.4 Å². The first kappa shape index (κ1) is 20.2. The van der Waals surface area contributed by atoms with Crippen LogP contribution in [0.2, 0.25) is 0 Å². The van der Waals surface area contributed by atoms with E-state index < -0.39 is 0 Å². The number of nitrogens with zero attached hydrogens (tertiary/aromatic N) is 2. The summed E-state index contributed by atoms with van der Waals surface area (Å²) >= 11 is 0. The molecule has 1 heterocycles. The summed E-state index contributed by atoms with van der Waals surface area (Å²) < 4.78 is 0. The van der Waals surface area contributed by atoms with Gasteiger partial charge in [-0.3, -0.25) is 19.3 Å². The zero-order chi connectivity index (χ0) is 18.8. The Bertz CT molecular complexity index is 529. The second-order valence-electron chi connectivity index (χ2n) is 7.12. The van der Waals surface area contributed by atoms with Crippen LogP contribution in [-0.4, -0.2) is 73.3 Å². The van der Waals surface area contributed by atoms with E-state index in [4.69, 9.17) is 6.42 Å². The second kappa shape index (κ2) is 10.8. The smallest absolute Gasteiger partial charge is 0.242 e. The zero-order valence-electron chi connectivity index (χ0n) is 15.5. The Kier molecular flexibility index (Phi) is 8.42. The molecule has 1 aliphatic heterocycles. The fourth-order valence-electron chi connectivity index (χ4n) is 3.58. The van der Waals surface area contributed by atoms with Crippen LogP contribution in [0.1, 0.15) is 38.5 Å². The molecule has 0 atom stereocenters. The van der Waals surface area contributed by atoms with Crippen molar-refractivity contribution in [3.8, 4) is 12.3 Å². The molecule has 2 fully saturated rings. The molecule has 0 aromatic heterocycles. The normalized spacial score (nSPS) is 18.8. The number of carbonyl (C=O) groups is 3. The Morgan fingerprint density at radius 3 is 2.31 bits per heavy atom. The van der Waals surface area contributed by atoms with Gasteiger partial charge in [-0.15, -0.1) is 6.42 Å². The lowest BCUT2D eigenvalue weighted by Gasteiger charge is -2.34. The molecule has 0 spiro atoms. The standard InChI is InChI=1S/C19H30N4O3/c1-2-8-20-18(25)15-22-9-11-23(12-10-22)19(26)14-21-17(24)13-16-6-4-3-5-7-16/h1,16H,3-15H2,(H,20,25)(H,21,24). The molecular weight excluding hydrogens is 332 g/mol. The summed E-state index contributed by atoms with van der Waals surface area (Å²) in [6.07, 6.45) is 11.6. The fraction of sp³-hybridized carbons (Fsp3) is 0.737. The molecule has 0 aromatic rings. The van der Waals surface area contributed by atoms with Crippen LogP contribution in [0.4, 0.5) is 0 Å². The van der Waals surface area contributed by atoms with Gasteiger partial charge in [-0.25, -0.2) is 0 Å². The van der Waals surface area contributed by atoms with Crippen LogP contribution >= 0.6 is 0 Å². The minimum absolute atomic E-state index is 0.0194. The predicted molar refractivity (Wildman–Crippen MR) is 99.1 cm³/mol. The van der Waals surface area contributed by atoms with E-state index in [2.05, 4.69) is 16.6 Å². The van der Waals surface area contributed by atoms with E-state index in [0.29, 0.717) is 45.1 Å². The summed E-state index contributed by atoms with van der Waals surface area (Å²) in [5.41, 5.74) is 0. The lowest BCUT2D eigenvalue weighted by atomic mass is 9.87. The maximum Gasteiger partial charge on any atom is 0.242 e. The van der Waals surface area contributed by atoms with E-state index in [-0.39, 0.29) is 30.8 Å². The number of carbonyl (C=O) groups excluding carboxylic acids is 3. The highest BCUT2D eigenvalue weighted by Crippen LogP contribution is 2.25. The van der Waals surface area contributed by atoms with Crippen molar-refractivity contribution in [3.05, 3.63) is 0 Å². The largest absolute Gasteiger partial charge is 0.347 e. The highest BCUT2D eigenvalue weighted by molar-refractivity contribution is 5.85. The number of rotatable bonds is 7. The Morgan fingerprint density at radius 2 is 1.65 bits per heavy atom. The molecule has 2 rings (SSSR count). The number of piperazine rings is 1. The van der Waals surface area contributed by atoms with Crippen molar-refractivity contribution >= 4 is 17.7 Å². The summed E-state index contributed by atoms with van der Waals surface area (Å²) in [5, 5.41) is 5.40. The van der Waals surface area contributed by atoms with Crippen LogP contribution in [0.5, 0.6) is 0 Å². The molecule has 0 bridgehead atoms. The lowest BCUT2D eigenvalue weighted by molar-refractivity contribution is -0.134. The van der Waals surface area contributed by atoms with E-state index in [9.17, 15) is 14.4 Å². The molecule has 1 aliphatic carbocycles. The van der Waals surface area contributed by atoms with E-state index in [1.165, 1.54) is 19.3 Å². The lowest BCUT2D eigenvalue weighted by Crippen LogP contribution is -2.53. The SMILES string of the molecule is C#CCNC(=O)CN1CCN(C(=O)CNC(=O)CC2CCCCC2)CC1. The van der Waals surface area contributed by atoms with Gasteiger partial charge >= 0.3 is 0 Å². The van der Waals surface area contributed by atoms with E-state index in [1.807, 2.05) is 4.90 Å². The average molecular weight is 362 g/mol. The molecule has 1 saturated heterocycles. The fourth-order valence-corrected chi connectivity index (χ4v) is 3.58. The minimum Gasteiger partial charge on any atom is -0.347 e. The van der Waals surface area contributed by atoms with E-state index in [1.54, 1.807) is 4.90 Å². The highest BCUT2D eigenvalue weighted by atomic mass is 16.2. The quantitative estimate of drug-likeness (QED) is 0.623. The van der Waals surface area contributed by atoms with Gasteiger partial charge in [0, 0.05) is 32.6 Å². The number of nitrogens with one attached hydrogen (secondary N) is 2. The molecule has 2 N–H and O–H groups in total. The third-order valence-electron chi connectivity index (χ3n) is 5.12.